The van der Waals surface area contributed by atoms with Crippen molar-refractivity contribution in [3.63, 3.8) is 0 Å². The van der Waals surface area contributed by atoms with Crippen molar-refractivity contribution in [3.05, 3.63) is 39.7 Å². The lowest BCUT2D eigenvalue weighted by molar-refractivity contribution is -0.137. The highest BCUT2D eigenvalue weighted by molar-refractivity contribution is 6.31. The van der Waals surface area contributed by atoms with E-state index in [9.17, 15) is 27.5 Å². The minimum absolute atomic E-state index is 0.0698. The number of carbonyl (C=O) groups is 1. The molecule has 9 heteroatoms. The lowest BCUT2D eigenvalue weighted by Crippen LogP contribution is -2.12. The molecular weight excluding hydrogens is 354 g/mol. The van der Waals surface area contributed by atoms with E-state index in [0.717, 1.165) is 6.21 Å². The highest BCUT2D eigenvalue weighted by Gasteiger charge is 2.37. The molecule has 1 fully saturated rings. The van der Waals surface area contributed by atoms with Gasteiger partial charge in [-0.25, -0.2) is 22.4 Å². The Morgan fingerprint density at radius 1 is 1.46 bits per heavy atom. The van der Waals surface area contributed by atoms with Gasteiger partial charge >= 0.3 is 5.97 Å². The van der Waals surface area contributed by atoms with Gasteiger partial charge in [-0.15, -0.1) is 0 Å². The van der Waals surface area contributed by atoms with E-state index in [2.05, 4.69) is 9.73 Å². The number of rotatable bonds is 5. The first-order chi connectivity index (χ1) is 11.3. The maximum Gasteiger partial charge on any atom is 0.343 e. The van der Waals surface area contributed by atoms with E-state index in [0.29, 0.717) is 6.07 Å². The first-order valence-corrected chi connectivity index (χ1v) is 7.26. The van der Waals surface area contributed by atoms with Crippen LogP contribution < -0.4 is 0 Å². The highest BCUT2D eigenvalue weighted by Crippen LogP contribution is 2.31. The molecule has 0 saturated heterocycles. The molecule has 0 aromatic heterocycles. The lowest BCUT2D eigenvalue weighted by atomic mass is 10.1. The lowest BCUT2D eigenvalue weighted by Gasteiger charge is -2.09. The molecule has 0 spiro atoms. The third kappa shape index (κ3) is 3.69. The first kappa shape index (κ1) is 18.3. The molecule has 1 aromatic rings. The molecule has 0 aliphatic heterocycles. The number of alkyl halides is 1. The third-order valence-electron chi connectivity index (χ3n) is 3.18. The number of aliphatic hydroxyl groups is 1. The van der Waals surface area contributed by atoms with Crippen molar-refractivity contribution < 1.29 is 32.2 Å². The molecule has 0 unspecified atom stereocenters. The molecule has 130 valence electrons. The minimum atomic E-state index is -1.63. The Morgan fingerprint density at radius 3 is 2.62 bits per heavy atom. The number of nitrogens with zero attached hydrogens (tertiary/aromatic N) is 1. The number of hydrogen-bond acceptors (Lipinski definition) is 4. The number of carbonyl (C=O) groups excluding carboxylic acids is 1. The van der Waals surface area contributed by atoms with Crippen molar-refractivity contribution in [1.29, 1.82) is 0 Å². The zero-order valence-corrected chi connectivity index (χ0v) is 13.1. The molecule has 0 bridgehead atoms. The summed E-state index contributed by atoms with van der Waals surface area (Å²) in [6.45, 7) is 1.41. The maximum atomic E-state index is 14.0. The van der Waals surface area contributed by atoms with Gasteiger partial charge in [0.05, 0.1) is 18.2 Å². The predicted molar refractivity (Wildman–Crippen MR) is 79.3 cm³/mol. The van der Waals surface area contributed by atoms with Gasteiger partial charge in [0.15, 0.2) is 17.5 Å². The Morgan fingerprint density at radius 2 is 2.08 bits per heavy atom. The van der Waals surface area contributed by atoms with Crippen LogP contribution in [0, 0.1) is 17.5 Å². The van der Waals surface area contributed by atoms with E-state index >= 15 is 0 Å². The molecule has 1 aromatic carbocycles. The zero-order chi connectivity index (χ0) is 18.0. The summed E-state index contributed by atoms with van der Waals surface area (Å²) >= 11 is 5.31. The van der Waals surface area contributed by atoms with Crippen LogP contribution in [0.2, 0.25) is 5.02 Å². The number of hydrogen-bond donors (Lipinski definition) is 1. The van der Waals surface area contributed by atoms with Gasteiger partial charge in [-0.3, -0.25) is 4.99 Å². The summed E-state index contributed by atoms with van der Waals surface area (Å²) in [6, 6.07) is -0.339. The minimum Gasteiger partial charge on any atom is -0.506 e. The Hall–Kier alpha value is -2.09. The van der Waals surface area contributed by atoms with E-state index < -0.39 is 57.6 Å². The molecular formula is C15H12ClF4NO3. The van der Waals surface area contributed by atoms with Crippen LogP contribution in [0.4, 0.5) is 17.6 Å². The van der Waals surface area contributed by atoms with Crippen LogP contribution in [0.3, 0.4) is 0 Å². The largest absolute Gasteiger partial charge is 0.506 e. The Labute approximate surface area is 139 Å². The molecule has 2 rings (SSSR count). The van der Waals surface area contributed by atoms with Crippen molar-refractivity contribution in [2.45, 2.75) is 25.6 Å². The summed E-state index contributed by atoms with van der Waals surface area (Å²) in [7, 11) is 0. The maximum absolute atomic E-state index is 14.0. The van der Waals surface area contributed by atoms with Gasteiger partial charge in [-0.2, -0.15) is 0 Å². The molecule has 1 saturated carbocycles. The number of esters is 1. The van der Waals surface area contributed by atoms with Crippen molar-refractivity contribution >= 4 is 29.5 Å². The van der Waals surface area contributed by atoms with Crippen LogP contribution in [-0.4, -0.2) is 36.1 Å². The molecule has 4 nitrogen and oxygen atoms in total. The SMILES string of the molecule is CCOC(=O)/C(C=N[C@@H]1C[C@@H]1F)=C(\O)c1cc(F)c(F)c(Cl)c1F. The molecule has 24 heavy (non-hydrogen) atoms. The average Bonchev–Trinajstić information content (AvgIpc) is 3.24. The fourth-order valence-electron chi connectivity index (χ4n) is 1.79. The molecule has 0 radical (unpaired) electrons. The van der Waals surface area contributed by atoms with Crippen LogP contribution in [-0.2, 0) is 9.53 Å². The molecule has 2 atom stereocenters. The summed E-state index contributed by atoms with van der Waals surface area (Å²) in [4.78, 5) is 15.6. The van der Waals surface area contributed by atoms with Gasteiger partial charge in [0.25, 0.3) is 0 Å². The smallest absolute Gasteiger partial charge is 0.343 e. The van der Waals surface area contributed by atoms with Gasteiger partial charge < -0.3 is 9.84 Å². The molecule has 1 aliphatic carbocycles. The zero-order valence-electron chi connectivity index (χ0n) is 12.3. The summed E-state index contributed by atoms with van der Waals surface area (Å²) in [5.74, 6) is -6.75. The quantitative estimate of drug-likeness (QED) is 0.164. The molecule has 1 aliphatic rings. The van der Waals surface area contributed by atoms with Crippen molar-refractivity contribution in [1.82, 2.24) is 0 Å². The van der Waals surface area contributed by atoms with E-state index in [1.807, 2.05) is 0 Å². The van der Waals surface area contributed by atoms with Gasteiger partial charge in [-0.05, 0) is 13.0 Å². The van der Waals surface area contributed by atoms with E-state index in [4.69, 9.17) is 11.6 Å². The monoisotopic (exact) mass is 365 g/mol. The summed E-state index contributed by atoms with van der Waals surface area (Å²) in [5.41, 5.74) is -1.47. The first-order valence-electron chi connectivity index (χ1n) is 6.88. The second-order valence-electron chi connectivity index (χ2n) is 4.93. The Kier molecular flexibility index (Phi) is 5.48. The molecule has 1 N–H and O–H groups in total. The fraction of sp³-hybridized carbons (Fsp3) is 0.333. The Bertz CT molecular complexity index is 736. The number of aliphatic hydroxyl groups excluding tert-OH is 1. The normalized spacial score (nSPS) is 20.9. The summed E-state index contributed by atoms with van der Waals surface area (Å²) in [6.07, 6.45) is -0.202. The topological polar surface area (TPSA) is 58.9 Å². The predicted octanol–water partition coefficient (Wildman–Crippen LogP) is 3.77. The van der Waals surface area contributed by atoms with Crippen LogP contribution in [0.1, 0.15) is 18.9 Å². The highest BCUT2D eigenvalue weighted by atomic mass is 35.5. The van der Waals surface area contributed by atoms with Gasteiger partial charge in [-0.1, -0.05) is 11.6 Å². The fourth-order valence-corrected chi connectivity index (χ4v) is 1.98. The molecule has 0 amide bonds. The summed E-state index contributed by atoms with van der Waals surface area (Å²) < 4.78 is 58.1. The van der Waals surface area contributed by atoms with E-state index in [1.165, 1.54) is 6.92 Å². The van der Waals surface area contributed by atoms with Crippen LogP contribution in [0.25, 0.3) is 5.76 Å². The second kappa shape index (κ2) is 7.21. The van der Waals surface area contributed by atoms with E-state index in [1.54, 1.807) is 0 Å². The third-order valence-corrected chi connectivity index (χ3v) is 3.52. The van der Waals surface area contributed by atoms with Crippen molar-refractivity contribution in [2.24, 2.45) is 4.99 Å². The van der Waals surface area contributed by atoms with Crippen LogP contribution >= 0.6 is 11.6 Å². The van der Waals surface area contributed by atoms with Crippen molar-refractivity contribution in [3.8, 4) is 0 Å². The van der Waals surface area contributed by atoms with Crippen LogP contribution in [0.15, 0.2) is 16.6 Å². The van der Waals surface area contributed by atoms with E-state index in [-0.39, 0.29) is 13.0 Å². The van der Waals surface area contributed by atoms with Crippen molar-refractivity contribution in [2.75, 3.05) is 6.61 Å². The number of halogens is 5. The summed E-state index contributed by atoms with van der Waals surface area (Å²) in [5, 5.41) is 8.93. The molecule has 0 heterocycles. The Balaban J connectivity index is 2.52. The number of benzene rings is 1. The second-order valence-corrected chi connectivity index (χ2v) is 5.31. The van der Waals surface area contributed by atoms with Gasteiger partial charge in [0.1, 0.15) is 22.5 Å². The van der Waals surface area contributed by atoms with Gasteiger partial charge in [0, 0.05) is 12.6 Å². The van der Waals surface area contributed by atoms with Gasteiger partial charge in [0.2, 0.25) is 0 Å². The number of ether oxygens (including phenoxy) is 1. The van der Waals surface area contributed by atoms with Crippen LogP contribution in [0.5, 0.6) is 0 Å². The standard InChI is InChI=1S/C15H12ClF4NO3/c1-2-24-15(23)7(5-21-10-4-8(10)17)14(22)6-3-9(18)13(20)11(16)12(6)19/h3,5,8,10,22H,2,4H2,1H3/b14-7-,21-5?/t8-,10+/m0/s1. The number of aliphatic imine (C=N–C) groups is 1. The average molecular weight is 366 g/mol.